The fraction of sp³-hybridized carbons (Fsp3) is 0.462. The van der Waals surface area contributed by atoms with E-state index >= 15 is 0 Å². The predicted octanol–water partition coefficient (Wildman–Crippen LogP) is 2.60. The summed E-state index contributed by atoms with van der Waals surface area (Å²) in [6.45, 7) is 0. The van der Waals surface area contributed by atoms with Crippen LogP contribution in [0.4, 0.5) is 0 Å². The van der Waals surface area contributed by atoms with Crippen LogP contribution < -0.4 is 0 Å². The van der Waals surface area contributed by atoms with E-state index in [1.165, 1.54) is 0 Å². The second kappa shape index (κ2) is 4.04. The van der Waals surface area contributed by atoms with Crippen LogP contribution in [0.1, 0.15) is 37.2 Å². The minimum atomic E-state index is -0.796. The molecule has 1 aliphatic carbocycles. The van der Waals surface area contributed by atoms with Crippen molar-refractivity contribution in [1.29, 1.82) is 5.26 Å². The summed E-state index contributed by atoms with van der Waals surface area (Å²) in [5.74, 6) is -0.374. The van der Waals surface area contributed by atoms with Crippen LogP contribution in [0.5, 0.6) is 0 Å². The Balaban J connectivity index is 2.29. The van der Waals surface area contributed by atoms with Crippen molar-refractivity contribution < 1.29 is 5.11 Å². The lowest BCUT2D eigenvalue weighted by Gasteiger charge is -2.27. The van der Waals surface area contributed by atoms with Gasteiger partial charge in [-0.05, 0) is 18.4 Å². The molecule has 1 aromatic rings. The maximum atomic E-state index is 10.4. The van der Waals surface area contributed by atoms with Crippen LogP contribution in [-0.4, -0.2) is 10.7 Å². The first-order chi connectivity index (χ1) is 7.26. The summed E-state index contributed by atoms with van der Waals surface area (Å²) >= 11 is 0. The number of benzene rings is 1. The van der Waals surface area contributed by atoms with E-state index in [9.17, 15) is 10.4 Å². The quantitative estimate of drug-likeness (QED) is 0.799. The zero-order valence-electron chi connectivity index (χ0n) is 8.69. The molecule has 78 valence electrons. The molecule has 0 bridgehead atoms. The Morgan fingerprint density at radius 1 is 1.20 bits per heavy atom. The molecule has 1 aromatic carbocycles. The van der Waals surface area contributed by atoms with Crippen molar-refractivity contribution >= 4 is 0 Å². The molecule has 1 atom stereocenters. The Morgan fingerprint density at radius 3 is 2.33 bits per heavy atom. The van der Waals surface area contributed by atoms with Crippen molar-refractivity contribution in [3.63, 3.8) is 0 Å². The minimum Gasteiger partial charge on any atom is -0.388 e. The van der Waals surface area contributed by atoms with Gasteiger partial charge in [0.2, 0.25) is 0 Å². The van der Waals surface area contributed by atoms with Gasteiger partial charge in [-0.1, -0.05) is 43.2 Å². The van der Waals surface area contributed by atoms with Crippen molar-refractivity contribution in [1.82, 2.24) is 0 Å². The highest BCUT2D eigenvalue weighted by Gasteiger charge is 2.40. The Morgan fingerprint density at radius 2 is 1.80 bits per heavy atom. The molecule has 2 rings (SSSR count). The lowest BCUT2D eigenvalue weighted by atomic mass is 9.82. The summed E-state index contributed by atoms with van der Waals surface area (Å²) in [5, 5.41) is 19.6. The number of rotatable bonds is 2. The van der Waals surface area contributed by atoms with Crippen LogP contribution in [-0.2, 0) is 0 Å². The van der Waals surface area contributed by atoms with Crippen molar-refractivity contribution in [3.8, 4) is 6.07 Å². The van der Waals surface area contributed by atoms with Gasteiger partial charge >= 0.3 is 0 Å². The maximum absolute atomic E-state index is 10.4. The van der Waals surface area contributed by atoms with Gasteiger partial charge in [0, 0.05) is 0 Å². The minimum absolute atomic E-state index is 0.374. The normalized spacial score (nSPS) is 20.8. The second-order valence-electron chi connectivity index (χ2n) is 4.28. The molecule has 0 amide bonds. The molecule has 0 aromatic heterocycles. The topological polar surface area (TPSA) is 44.0 Å². The van der Waals surface area contributed by atoms with Crippen molar-refractivity contribution in [3.05, 3.63) is 35.9 Å². The van der Waals surface area contributed by atoms with E-state index in [-0.39, 0.29) is 5.92 Å². The molecule has 2 nitrogen and oxygen atoms in total. The lowest BCUT2D eigenvalue weighted by Crippen LogP contribution is -2.32. The second-order valence-corrected chi connectivity index (χ2v) is 4.28. The summed E-state index contributed by atoms with van der Waals surface area (Å²) in [6.07, 6.45) is 3.56. The molecule has 0 radical (unpaired) electrons. The summed E-state index contributed by atoms with van der Waals surface area (Å²) in [6, 6.07) is 11.8. The molecule has 0 aliphatic heterocycles. The lowest BCUT2D eigenvalue weighted by molar-refractivity contribution is 0.0352. The summed E-state index contributed by atoms with van der Waals surface area (Å²) in [5.41, 5.74) is 0.139. The average molecular weight is 201 g/mol. The van der Waals surface area contributed by atoms with Crippen molar-refractivity contribution in [2.75, 3.05) is 0 Å². The highest BCUT2D eigenvalue weighted by molar-refractivity contribution is 5.29. The van der Waals surface area contributed by atoms with E-state index in [4.69, 9.17) is 0 Å². The van der Waals surface area contributed by atoms with Crippen LogP contribution >= 0.6 is 0 Å². The first kappa shape index (κ1) is 10.2. The smallest absolute Gasteiger partial charge is 0.0999 e. The van der Waals surface area contributed by atoms with Crippen molar-refractivity contribution in [2.45, 2.75) is 37.2 Å². The SMILES string of the molecule is N#CC(c1ccccc1)C1(O)CCCC1. The van der Waals surface area contributed by atoms with E-state index in [0.717, 1.165) is 31.2 Å². The third kappa shape index (κ3) is 1.88. The molecular formula is C13H15NO. The van der Waals surface area contributed by atoms with E-state index < -0.39 is 5.60 Å². The largest absolute Gasteiger partial charge is 0.388 e. The Bertz CT molecular complexity index is 360. The maximum Gasteiger partial charge on any atom is 0.0999 e. The Hall–Kier alpha value is -1.33. The fourth-order valence-corrected chi connectivity index (χ4v) is 2.43. The van der Waals surface area contributed by atoms with Gasteiger partial charge in [0.1, 0.15) is 0 Å². The van der Waals surface area contributed by atoms with Gasteiger partial charge in [0.25, 0.3) is 0 Å². The summed E-state index contributed by atoms with van der Waals surface area (Å²) in [4.78, 5) is 0. The number of aliphatic hydroxyl groups is 1. The number of nitrogens with zero attached hydrogens (tertiary/aromatic N) is 1. The monoisotopic (exact) mass is 201 g/mol. The highest BCUT2D eigenvalue weighted by Crippen LogP contribution is 2.40. The van der Waals surface area contributed by atoms with E-state index in [1.54, 1.807) is 0 Å². The molecule has 1 saturated carbocycles. The zero-order valence-corrected chi connectivity index (χ0v) is 8.69. The van der Waals surface area contributed by atoms with E-state index in [0.29, 0.717) is 0 Å². The van der Waals surface area contributed by atoms with Crippen LogP contribution in [0.25, 0.3) is 0 Å². The molecule has 1 fully saturated rings. The van der Waals surface area contributed by atoms with Gasteiger partial charge in [-0.3, -0.25) is 0 Å². The average Bonchev–Trinajstić information content (AvgIpc) is 2.68. The predicted molar refractivity (Wildman–Crippen MR) is 58.2 cm³/mol. The third-order valence-corrected chi connectivity index (χ3v) is 3.27. The number of hydrogen-bond acceptors (Lipinski definition) is 2. The number of nitriles is 1. The van der Waals surface area contributed by atoms with Crippen molar-refractivity contribution in [2.24, 2.45) is 0 Å². The molecule has 0 saturated heterocycles. The molecule has 1 N–H and O–H groups in total. The van der Waals surface area contributed by atoms with E-state index in [2.05, 4.69) is 6.07 Å². The van der Waals surface area contributed by atoms with Crippen LogP contribution in [0.3, 0.4) is 0 Å². The fourth-order valence-electron chi connectivity index (χ4n) is 2.43. The molecular weight excluding hydrogens is 186 g/mol. The molecule has 15 heavy (non-hydrogen) atoms. The molecule has 2 heteroatoms. The van der Waals surface area contributed by atoms with Gasteiger partial charge in [-0.15, -0.1) is 0 Å². The Kier molecular flexibility index (Phi) is 2.75. The molecule has 0 heterocycles. The first-order valence-electron chi connectivity index (χ1n) is 5.43. The van der Waals surface area contributed by atoms with E-state index in [1.807, 2.05) is 30.3 Å². The molecule has 0 spiro atoms. The first-order valence-corrected chi connectivity index (χ1v) is 5.43. The van der Waals surface area contributed by atoms with Gasteiger partial charge in [0.05, 0.1) is 17.6 Å². The summed E-state index contributed by atoms with van der Waals surface area (Å²) in [7, 11) is 0. The molecule has 1 unspecified atom stereocenters. The zero-order chi connectivity index (χ0) is 10.7. The van der Waals surface area contributed by atoms with Crippen LogP contribution in [0.2, 0.25) is 0 Å². The van der Waals surface area contributed by atoms with Gasteiger partial charge in [0.15, 0.2) is 0 Å². The molecule has 1 aliphatic rings. The third-order valence-electron chi connectivity index (χ3n) is 3.27. The van der Waals surface area contributed by atoms with Crippen LogP contribution in [0.15, 0.2) is 30.3 Å². The Labute approximate surface area is 90.2 Å². The van der Waals surface area contributed by atoms with Gasteiger partial charge < -0.3 is 5.11 Å². The van der Waals surface area contributed by atoms with Gasteiger partial charge in [-0.25, -0.2) is 0 Å². The van der Waals surface area contributed by atoms with Crippen LogP contribution in [0, 0.1) is 11.3 Å². The number of hydrogen-bond donors (Lipinski definition) is 1. The summed E-state index contributed by atoms with van der Waals surface area (Å²) < 4.78 is 0. The standard InChI is InChI=1S/C13H15NO/c14-10-12(11-6-2-1-3-7-11)13(15)8-4-5-9-13/h1-3,6-7,12,15H,4-5,8-9H2. The van der Waals surface area contributed by atoms with Gasteiger partial charge in [-0.2, -0.15) is 5.26 Å². The highest BCUT2D eigenvalue weighted by atomic mass is 16.3.